The van der Waals surface area contributed by atoms with Crippen molar-refractivity contribution in [2.75, 3.05) is 39.2 Å². The zero-order valence-corrected chi connectivity index (χ0v) is 33.6. The number of rotatable bonds is 27. The summed E-state index contributed by atoms with van der Waals surface area (Å²) in [5.74, 6) is -0.398. The third kappa shape index (κ3) is 19.8. The van der Waals surface area contributed by atoms with Gasteiger partial charge in [-0.3, -0.25) is 4.79 Å². The topological polar surface area (TPSA) is 106 Å². The van der Waals surface area contributed by atoms with E-state index in [9.17, 15) is 18.0 Å². The van der Waals surface area contributed by atoms with Gasteiger partial charge in [0, 0.05) is 57.0 Å². The number of ether oxygens (including phenoxy) is 2. The third-order valence-electron chi connectivity index (χ3n) is 8.78. The van der Waals surface area contributed by atoms with Gasteiger partial charge in [-0.2, -0.15) is 4.57 Å². The number of sulfonamides is 1. The van der Waals surface area contributed by atoms with Crippen LogP contribution in [0.15, 0.2) is 42.6 Å². The monoisotopic (exact) mass is 817 g/mol. The lowest BCUT2D eigenvalue weighted by Gasteiger charge is -2.25. The van der Waals surface area contributed by atoms with Crippen molar-refractivity contribution in [2.24, 2.45) is 11.8 Å². The number of alkyl carbamates (subject to hydrolysis) is 1. The molecule has 0 saturated carbocycles. The average molecular weight is 818 g/mol. The van der Waals surface area contributed by atoms with Crippen LogP contribution < -0.4 is 33.9 Å². The molecule has 1 heterocycles. The summed E-state index contributed by atoms with van der Waals surface area (Å²) >= 11 is 0. The summed E-state index contributed by atoms with van der Waals surface area (Å²) in [5, 5.41) is 3.86. The standard InChI is InChI=1S/C38H63N3O6S.HI/c1-33(2)22-16-14-12-10-8-6-5-7-9-11-13-15-19-26-39-38(43)47-32-35(31-46-4)30-41(34(3)42)48(44,45)29-21-28-40-27-20-24-36-23-17-18-25-37(36)40;/h17-18,20,23-25,27,33,35H,5-16,19,21-22,26,28-32H2,1-4H3;1H. The van der Waals surface area contributed by atoms with Crippen LogP contribution in [-0.2, 0) is 30.8 Å². The summed E-state index contributed by atoms with van der Waals surface area (Å²) in [7, 11) is -2.38. The first-order chi connectivity index (χ1) is 23.1. The summed E-state index contributed by atoms with van der Waals surface area (Å²) in [6.45, 7) is 6.86. The largest absolute Gasteiger partial charge is 1.00 e. The normalized spacial score (nSPS) is 12.1. The number of nitrogens with one attached hydrogen (secondary N) is 1. The number of amides is 2. The van der Waals surface area contributed by atoms with E-state index in [4.69, 9.17) is 9.47 Å². The van der Waals surface area contributed by atoms with E-state index in [2.05, 4.69) is 19.2 Å². The number of aromatic nitrogens is 1. The van der Waals surface area contributed by atoms with Gasteiger partial charge in [0.25, 0.3) is 0 Å². The molecule has 2 aromatic rings. The Balaban J connectivity index is 0.0000120. The summed E-state index contributed by atoms with van der Waals surface area (Å²) in [4.78, 5) is 24.8. The molecule has 280 valence electrons. The van der Waals surface area contributed by atoms with Gasteiger partial charge in [0.05, 0.1) is 19.0 Å². The van der Waals surface area contributed by atoms with E-state index in [1.165, 1.54) is 91.1 Å². The Morgan fingerprint density at radius 1 is 0.816 bits per heavy atom. The molecule has 0 aliphatic heterocycles. The van der Waals surface area contributed by atoms with Crippen molar-refractivity contribution in [1.82, 2.24) is 9.62 Å². The van der Waals surface area contributed by atoms with Crippen LogP contribution in [0.25, 0.3) is 10.9 Å². The van der Waals surface area contributed by atoms with Gasteiger partial charge in [-0.05, 0) is 24.5 Å². The van der Waals surface area contributed by atoms with Gasteiger partial charge < -0.3 is 38.8 Å². The maximum absolute atomic E-state index is 13.2. The highest BCUT2D eigenvalue weighted by Crippen LogP contribution is 2.15. The molecule has 1 N–H and O–H groups in total. The van der Waals surface area contributed by atoms with E-state index in [1.54, 1.807) is 0 Å². The number of fused-ring (bicyclic) bond motifs is 1. The van der Waals surface area contributed by atoms with Crippen LogP contribution in [0.1, 0.15) is 117 Å². The van der Waals surface area contributed by atoms with Gasteiger partial charge in [-0.15, -0.1) is 0 Å². The van der Waals surface area contributed by atoms with E-state index in [0.29, 0.717) is 19.5 Å². The van der Waals surface area contributed by atoms with Gasteiger partial charge in [-0.1, -0.05) is 109 Å². The van der Waals surface area contributed by atoms with E-state index in [1.807, 2.05) is 47.2 Å². The number of methoxy groups -OCH3 is 1. The molecule has 2 amide bonds. The van der Waals surface area contributed by atoms with E-state index >= 15 is 0 Å². The van der Waals surface area contributed by atoms with Crippen molar-refractivity contribution in [3.05, 3.63) is 42.6 Å². The fourth-order valence-electron chi connectivity index (χ4n) is 6.06. The minimum Gasteiger partial charge on any atom is -1.00 e. The maximum atomic E-state index is 13.2. The first kappa shape index (κ1) is 45.0. The van der Waals surface area contributed by atoms with Crippen molar-refractivity contribution in [2.45, 2.75) is 124 Å². The predicted molar refractivity (Wildman–Crippen MR) is 194 cm³/mol. The van der Waals surface area contributed by atoms with Crippen LogP contribution in [0, 0.1) is 11.8 Å². The lowest BCUT2D eigenvalue weighted by Crippen LogP contribution is -3.00. The molecule has 0 fully saturated rings. The predicted octanol–water partition coefficient (Wildman–Crippen LogP) is 4.81. The first-order valence-corrected chi connectivity index (χ1v) is 20.0. The fourth-order valence-corrected chi connectivity index (χ4v) is 7.61. The molecule has 1 unspecified atom stereocenters. The van der Waals surface area contributed by atoms with Crippen molar-refractivity contribution >= 4 is 32.9 Å². The van der Waals surface area contributed by atoms with Crippen LogP contribution >= 0.6 is 0 Å². The van der Waals surface area contributed by atoms with Gasteiger partial charge in [0.1, 0.15) is 6.54 Å². The molecular weight excluding hydrogens is 753 g/mol. The van der Waals surface area contributed by atoms with Gasteiger partial charge in [-0.25, -0.2) is 17.5 Å². The third-order valence-corrected chi connectivity index (χ3v) is 10.7. The number of para-hydroxylation sites is 1. The smallest absolute Gasteiger partial charge is 0.407 e. The van der Waals surface area contributed by atoms with E-state index < -0.39 is 27.9 Å². The summed E-state index contributed by atoms with van der Waals surface area (Å²) in [5.41, 5.74) is 1.02. The zero-order chi connectivity index (χ0) is 35.0. The summed E-state index contributed by atoms with van der Waals surface area (Å²) in [6, 6.07) is 11.9. The van der Waals surface area contributed by atoms with Crippen LogP contribution in [0.4, 0.5) is 4.79 Å². The molecular formula is C38H64IN3O6S. The molecule has 1 aromatic heterocycles. The number of aryl methyl sites for hydroxylation is 1. The molecule has 0 bridgehead atoms. The minimum absolute atomic E-state index is 0. The molecule has 49 heavy (non-hydrogen) atoms. The number of pyridine rings is 1. The molecule has 2 rings (SSSR count). The summed E-state index contributed by atoms with van der Waals surface area (Å²) < 4.78 is 40.0. The Labute approximate surface area is 314 Å². The average Bonchev–Trinajstić information content (AvgIpc) is 3.05. The summed E-state index contributed by atoms with van der Waals surface area (Å²) in [6.07, 6.45) is 19.6. The maximum Gasteiger partial charge on any atom is 0.407 e. The van der Waals surface area contributed by atoms with Gasteiger partial charge in [0.2, 0.25) is 21.4 Å². The highest BCUT2D eigenvalue weighted by atomic mass is 127. The molecule has 1 atom stereocenters. The molecule has 0 spiro atoms. The van der Waals surface area contributed by atoms with Crippen molar-refractivity contribution in [3.63, 3.8) is 0 Å². The van der Waals surface area contributed by atoms with E-state index in [0.717, 1.165) is 34.0 Å². The van der Waals surface area contributed by atoms with Gasteiger partial charge >= 0.3 is 6.09 Å². The van der Waals surface area contributed by atoms with E-state index in [-0.39, 0.29) is 49.5 Å². The van der Waals surface area contributed by atoms with Crippen LogP contribution in [-0.4, -0.2) is 63.9 Å². The van der Waals surface area contributed by atoms with Crippen molar-refractivity contribution < 1.29 is 56.0 Å². The Kier molecular flexibility index (Phi) is 24.6. The van der Waals surface area contributed by atoms with Crippen LogP contribution in [0.3, 0.4) is 0 Å². The molecule has 9 nitrogen and oxygen atoms in total. The number of halogens is 1. The molecule has 1 aromatic carbocycles. The number of hydrogen-bond acceptors (Lipinski definition) is 6. The lowest BCUT2D eigenvalue weighted by molar-refractivity contribution is -0.671. The molecule has 11 heteroatoms. The fraction of sp³-hybridized carbons (Fsp3) is 0.711. The Bertz CT molecular complexity index is 1290. The minimum atomic E-state index is -3.88. The number of nitrogens with zero attached hydrogens (tertiary/aromatic N) is 2. The molecule has 0 radical (unpaired) electrons. The second-order valence-electron chi connectivity index (χ2n) is 13.6. The van der Waals surface area contributed by atoms with Crippen molar-refractivity contribution in [3.8, 4) is 0 Å². The highest BCUT2D eigenvalue weighted by molar-refractivity contribution is 7.89. The quantitative estimate of drug-likeness (QED) is 0.0790. The second-order valence-corrected chi connectivity index (χ2v) is 15.6. The molecule has 0 aliphatic carbocycles. The number of carbonyl (C=O) groups is 2. The van der Waals surface area contributed by atoms with Crippen LogP contribution in [0.5, 0.6) is 0 Å². The first-order valence-electron chi connectivity index (χ1n) is 18.4. The SMILES string of the molecule is COCC(COC(=O)NCCCCCCCCCCCCCCCC(C)C)CN(C(C)=O)S(=O)(=O)CCC[n+]1cccc2ccccc21.[I-]. The number of benzene rings is 1. The Hall–Kier alpha value is -1.99. The number of carbonyl (C=O) groups excluding carboxylic acids is 2. The lowest BCUT2D eigenvalue weighted by atomic mass is 10.0. The Morgan fingerprint density at radius 3 is 1.98 bits per heavy atom. The van der Waals surface area contributed by atoms with Crippen molar-refractivity contribution in [1.29, 1.82) is 0 Å². The zero-order valence-electron chi connectivity index (χ0n) is 30.7. The highest BCUT2D eigenvalue weighted by Gasteiger charge is 2.29. The second kappa shape index (κ2) is 26.8. The van der Waals surface area contributed by atoms with Gasteiger partial charge in [0.15, 0.2) is 6.20 Å². The number of hydrogen-bond donors (Lipinski definition) is 1. The van der Waals surface area contributed by atoms with Crippen LogP contribution in [0.2, 0.25) is 0 Å². The molecule has 0 aliphatic rings. The number of unbranched alkanes of at least 4 members (excludes halogenated alkanes) is 12. The Morgan fingerprint density at radius 2 is 1.39 bits per heavy atom. The molecule has 0 saturated heterocycles.